The number of carbonyl (C=O) groups is 4. The molecule has 3 aromatic rings. The number of hydrogen-bond acceptors (Lipinski definition) is 10. The Morgan fingerprint density at radius 2 is 1.35 bits per heavy atom. The minimum atomic E-state index is -2.40. The molecule has 3 atom stereocenters. The van der Waals surface area contributed by atoms with Crippen LogP contribution in [0.2, 0.25) is 0 Å². The maximum atomic E-state index is 13.5. The summed E-state index contributed by atoms with van der Waals surface area (Å²) in [6.45, 7) is 1.34. The van der Waals surface area contributed by atoms with Crippen molar-refractivity contribution < 1.29 is 48.0 Å². The maximum Gasteiger partial charge on any atom is 0.346 e. The predicted molar refractivity (Wildman–Crippen MR) is 138 cm³/mol. The van der Waals surface area contributed by atoms with Crippen LogP contribution in [0.4, 0.5) is 4.39 Å². The fraction of sp³-hybridized carbons (Fsp3) is 0.241. The smallest absolute Gasteiger partial charge is 0.346 e. The highest BCUT2D eigenvalue weighted by atomic mass is 19.1. The molecule has 0 radical (unpaired) electrons. The van der Waals surface area contributed by atoms with Crippen LogP contribution in [0.5, 0.6) is 0 Å². The first-order chi connectivity index (χ1) is 19.2. The van der Waals surface area contributed by atoms with E-state index in [1.54, 1.807) is 18.2 Å². The summed E-state index contributed by atoms with van der Waals surface area (Å²) in [6.07, 6.45) is -4.13. The first-order valence-electron chi connectivity index (χ1n) is 12.2. The Labute approximate surface area is 229 Å². The number of aliphatic hydroxyl groups excluding tert-OH is 2. The minimum absolute atomic E-state index is 0.0318. The fourth-order valence-corrected chi connectivity index (χ4v) is 3.73. The number of halogens is 1. The lowest BCUT2D eigenvalue weighted by Crippen LogP contribution is -2.43. The molecule has 3 aromatic carbocycles. The Balaban J connectivity index is 0.000000263. The quantitative estimate of drug-likeness (QED) is 0.294. The number of hydrogen-bond donors (Lipinski definition) is 3. The van der Waals surface area contributed by atoms with Crippen molar-refractivity contribution in [1.29, 1.82) is 0 Å². The monoisotopic (exact) mass is 553 g/mol. The number of aliphatic hydroxyl groups is 2. The third-order valence-corrected chi connectivity index (χ3v) is 5.73. The van der Waals surface area contributed by atoms with Gasteiger partial charge in [0.15, 0.2) is 12.2 Å². The molecular formula is C29H28FNO9. The zero-order chi connectivity index (χ0) is 29.1. The molecule has 1 aliphatic rings. The highest BCUT2D eigenvalue weighted by Crippen LogP contribution is 2.28. The van der Waals surface area contributed by atoms with Gasteiger partial charge >= 0.3 is 23.9 Å². The summed E-state index contributed by atoms with van der Waals surface area (Å²) < 4.78 is 27.8. The molecule has 0 saturated heterocycles. The topological polar surface area (TPSA) is 148 Å². The molecule has 0 aliphatic carbocycles. The van der Waals surface area contributed by atoms with E-state index in [1.807, 2.05) is 13.1 Å². The van der Waals surface area contributed by atoms with Gasteiger partial charge in [-0.15, -0.1) is 0 Å². The van der Waals surface area contributed by atoms with E-state index in [-0.39, 0.29) is 23.0 Å². The summed E-state index contributed by atoms with van der Waals surface area (Å²) >= 11 is 0. The average Bonchev–Trinajstić information content (AvgIpc) is 2.98. The molecule has 2 unspecified atom stereocenters. The van der Waals surface area contributed by atoms with Gasteiger partial charge in [-0.3, -0.25) is 0 Å². The van der Waals surface area contributed by atoms with Crippen LogP contribution >= 0.6 is 0 Å². The van der Waals surface area contributed by atoms with Crippen LogP contribution in [0.1, 0.15) is 37.9 Å². The van der Waals surface area contributed by atoms with Gasteiger partial charge in [-0.05, 0) is 49.4 Å². The highest BCUT2D eigenvalue weighted by Gasteiger charge is 2.35. The number of esters is 4. The molecule has 40 heavy (non-hydrogen) atoms. The molecule has 0 spiro atoms. The van der Waals surface area contributed by atoms with Crippen LogP contribution in [0.25, 0.3) is 0 Å². The van der Waals surface area contributed by atoms with Crippen molar-refractivity contribution in [3.63, 3.8) is 0 Å². The summed E-state index contributed by atoms with van der Waals surface area (Å²) in [5.41, 5.74) is 1.87. The lowest BCUT2D eigenvalue weighted by atomic mass is 9.97. The predicted octanol–water partition coefficient (Wildman–Crippen LogP) is 2.13. The van der Waals surface area contributed by atoms with Gasteiger partial charge in [0.25, 0.3) is 0 Å². The summed E-state index contributed by atoms with van der Waals surface area (Å²) in [6, 6.07) is 20.1. The zero-order valence-corrected chi connectivity index (χ0v) is 21.5. The van der Waals surface area contributed by atoms with Crippen LogP contribution in [-0.4, -0.2) is 66.5 Å². The lowest BCUT2D eigenvalue weighted by molar-refractivity contribution is -0.166. The van der Waals surface area contributed by atoms with Gasteiger partial charge in [-0.2, -0.15) is 0 Å². The molecule has 0 fully saturated rings. The second-order valence-corrected chi connectivity index (χ2v) is 8.52. The van der Waals surface area contributed by atoms with Gasteiger partial charge < -0.3 is 29.7 Å². The van der Waals surface area contributed by atoms with E-state index < -0.39 is 36.1 Å². The van der Waals surface area contributed by atoms with Crippen molar-refractivity contribution in [3.8, 4) is 0 Å². The standard InChI is InChI=1S/C18H14O8.C11H14FNO/c19-13(17(23)25-15(21)11-7-3-1-4-8-11)14(20)18(24)26-16(22)12-9-5-2-6-10-12;1-13-7-10-11-8(5-6-14-10)3-2-4-9(11)12/h1-10,13-14,19-20H;2-4,10,13H,5-7H2,1H3/t;10-/m.0/s1. The molecule has 0 amide bonds. The summed E-state index contributed by atoms with van der Waals surface area (Å²) in [5, 5.41) is 22.3. The number of ether oxygens (including phenoxy) is 3. The average molecular weight is 554 g/mol. The second-order valence-electron chi connectivity index (χ2n) is 8.52. The Kier molecular flexibility index (Phi) is 11.2. The third-order valence-electron chi connectivity index (χ3n) is 5.73. The normalized spacial score (nSPS) is 15.3. The van der Waals surface area contributed by atoms with Crippen molar-refractivity contribution >= 4 is 23.9 Å². The molecule has 4 rings (SSSR count). The third kappa shape index (κ3) is 8.10. The van der Waals surface area contributed by atoms with Gasteiger partial charge in [-0.1, -0.05) is 48.5 Å². The largest absolute Gasteiger partial charge is 0.387 e. The van der Waals surface area contributed by atoms with Crippen molar-refractivity contribution in [2.45, 2.75) is 24.7 Å². The number of fused-ring (bicyclic) bond motifs is 1. The van der Waals surface area contributed by atoms with Crippen molar-refractivity contribution in [2.75, 3.05) is 20.2 Å². The van der Waals surface area contributed by atoms with Gasteiger partial charge in [0.05, 0.1) is 23.8 Å². The molecule has 0 aromatic heterocycles. The molecular weight excluding hydrogens is 525 g/mol. The van der Waals surface area contributed by atoms with Crippen molar-refractivity contribution in [1.82, 2.24) is 5.32 Å². The zero-order valence-electron chi connectivity index (χ0n) is 21.5. The van der Waals surface area contributed by atoms with Crippen LogP contribution in [0, 0.1) is 5.82 Å². The van der Waals surface area contributed by atoms with E-state index in [9.17, 15) is 33.8 Å². The van der Waals surface area contributed by atoms with Crippen LogP contribution in [-0.2, 0) is 30.2 Å². The number of carbonyl (C=O) groups excluding carboxylic acids is 4. The van der Waals surface area contributed by atoms with E-state index in [1.165, 1.54) is 54.6 Å². The molecule has 210 valence electrons. The maximum absolute atomic E-state index is 13.5. The Bertz CT molecular complexity index is 1250. The Morgan fingerprint density at radius 3 is 1.82 bits per heavy atom. The number of rotatable bonds is 7. The molecule has 1 aliphatic heterocycles. The molecule has 0 bridgehead atoms. The minimum Gasteiger partial charge on any atom is -0.387 e. The second kappa shape index (κ2) is 14.8. The van der Waals surface area contributed by atoms with Gasteiger partial charge in [0.2, 0.25) is 0 Å². The Hall–Kier alpha value is -4.29. The molecule has 10 nitrogen and oxygen atoms in total. The Morgan fingerprint density at radius 1 is 0.850 bits per heavy atom. The molecule has 0 saturated carbocycles. The van der Waals surface area contributed by atoms with Crippen LogP contribution < -0.4 is 5.32 Å². The van der Waals surface area contributed by atoms with Crippen LogP contribution in [0.15, 0.2) is 78.9 Å². The number of nitrogens with one attached hydrogen (secondary N) is 1. The van der Waals surface area contributed by atoms with E-state index in [4.69, 9.17) is 4.74 Å². The fourth-order valence-electron chi connectivity index (χ4n) is 3.73. The number of likely N-dealkylation sites (N-methyl/N-ethyl adjacent to an activating group) is 1. The summed E-state index contributed by atoms with van der Waals surface area (Å²) in [7, 11) is 1.85. The first kappa shape index (κ1) is 30.3. The van der Waals surface area contributed by atoms with Gasteiger partial charge in [0.1, 0.15) is 5.82 Å². The molecule has 11 heteroatoms. The van der Waals surface area contributed by atoms with Crippen molar-refractivity contribution in [2.24, 2.45) is 0 Å². The van der Waals surface area contributed by atoms with Crippen molar-refractivity contribution in [3.05, 3.63) is 107 Å². The van der Waals surface area contributed by atoms with E-state index >= 15 is 0 Å². The SMILES string of the molecule is CNC[C@@H]1OCCc2cccc(F)c21.O=C(OC(=O)C(O)C(O)C(=O)OC(=O)c1ccccc1)c1ccccc1. The highest BCUT2D eigenvalue weighted by molar-refractivity contribution is 6.01. The summed E-state index contributed by atoms with van der Waals surface area (Å²) in [4.78, 5) is 46.8. The van der Waals surface area contributed by atoms with Crippen LogP contribution in [0.3, 0.4) is 0 Å². The van der Waals surface area contributed by atoms with E-state index in [0.717, 1.165) is 17.5 Å². The summed E-state index contributed by atoms with van der Waals surface area (Å²) in [5.74, 6) is -5.42. The lowest BCUT2D eigenvalue weighted by Gasteiger charge is -2.26. The number of benzene rings is 3. The molecule has 3 N–H and O–H groups in total. The molecule has 1 heterocycles. The van der Waals surface area contributed by atoms with E-state index in [2.05, 4.69) is 14.8 Å². The van der Waals surface area contributed by atoms with E-state index in [0.29, 0.717) is 13.2 Å². The van der Waals surface area contributed by atoms with Gasteiger partial charge in [-0.25, -0.2) is 23.6 Å². The van der Waals surface area contributed by atoms with Gasteiger partial charge in [0, 0.05) is 12.1 Å². The first-order valence-corrected chi connectivity index (χ1v) is 12.2.